The van der Waals surface area contributed by atoms with Crippen molar-refractivity contribution in [3.05, 3.63) is 0 Å². The van der Waals surface area contributed by atoms with Gasteiger partial charge in [0.2, 0.25) is 10.0 Å². The highest BCUT2D eigenvalue weighted by molar-refractivity contribution is 7.89. The maximum Gasteiger partial charge on any atom is 0.211 e. The highest BCUT2D eigenvalue weighted by atomic mass is 32.2. The van der Waals surface area contributed by atoms with Crippen LogP contribution in [0.1, 0.15) is 52.4 Å². The fourth-order valence-electron chi connectivity index (χ4n) is 1.60. The summed E-state index contributed by atoms with van der Waals surface area (Å²) in [5, 5.41) is 0. The highest BCUT2D eigenvalue weighted by Crippen LogP contribution is 2.09. The first-order valence-electron chi connectivity index (χ1n) is 6.65. The van der Waals surface area contributed by atoms with E-state index in [-0.39, 0.29) is 5.75 Å². The van der Waals surface area contributed by atoms with E-state index in [1.165, 1.54) is 19.3 Å². The maximum absolute atomic E-state index is 11.4. The maximum atomic E-state index is 11.4. The fourth-order valence-corrected chi connectivity index (χ4v) is 2.75. The lowest BCUT2D eigenvalue weighted by molar-refractivity contribution is 0.517. The molecule has 0 aromatic heterocycles. The van der Waals surface area contributed by atoms with E-state index < -0.39 is 10.0 Å². The number of unbranched alkanes of at least 4 members (excludes halogenated alkanes) is 3. The van der Waals surface area contributed by atoms with Crippen LogP contribution in [0.5, 0.6) is 0 Å². The Morgan fingerprint density at radius 3 is 2.29 bits per heavy atom. The van der Waals surface area contributed by atoms with Crippen molar-refractivity contribution in [2.75, 3.05) is 18.8 Å². The van der Waals surface area contributed by atoms with Crippen LogP contribution < -0.4 is 10.5 Å². The topological polar surface area (TPSA) is 72.2 Å². The number of sulfonamides is 1. The summed E-state index contributed by atoms with van der Waals surface area (Å²) in [6.07, 6.45) is 6.28. The quantitative estimate of drug-likeness (QED) is 0.560. The average Bonchev–Trinajstić information content (AvgIpc) is 2.24. The predicted molar refractivity (Wildman–Crippen MR) is 73.4 cm³/mol. The third-order valence-corrected chi connectivity index (χ3v) is 4.12. The zero-order chi connectivity index (χ0) is 13.1. The second-order valence-electron chi connectivity index (χ2n) is 4.95. The van der Waals surface area contributed by atoms with Gasteiger partial charge < -0.3 is 5.73 Å². The Morgan fingerprint density at radius 2 is 1.71 bits per heavy atom. The van der Waals surface area contributed by atoms with Crippen molar-refractivity contribution in [2.45, 2.75) is 52.4 Å². The van der Waals surface area contributed by atoms with E-state index in [0.717, 1.165) is 18.8 Å². The average molecular weight is 264 g/mol. The molecule has 0 spiro atoms. The lowest BCUT2D eigenvalue weighted by Gasteiger charge is -2.06. The van der Waals surface area contributed by atoms with Gasteiger partial charge in [0.15, 0.2) is 0 Å². The van der Waals surface area contributed by atoms with Gasteiger partial charge in [-0.3, -0.25) is 0 Å². The molecule has 0 aromatic carbocycles. The van der Waals surface area contributed by atoms with Crippen molar-refractivity contribution in [1.82, 2.24) is 4.72 Å². The molecule has 0 aromatic rings. The molecule has 0 rings (SSSR count). The number of hydrogen-bond donors (Lipinski definition) is 2. The second kappa shape index (κ2) is 9.85. The molecule has 0 amide bonds. The van der Waals surface area contributed by atoms with E-state index in [2.05, 4.69) is 18.6 Å². The minimum absolute atomic E-state index is 0.150. The van der Waals surface area contributed by atoms with E-state index in [0.29, 0.717) is 19.5 Å². The molecule has 0 unspecified atom stereocenters. The SMILES string of the molecule is CC(C)CCCCCCNS(=O)(=O)CCCN. The molecule has 104 valence electrons. The van der Waals surface area contributed by atoms with Crippen LogP contribution in [0.3, 0.4) is 0 Å². The molecular weight excluding hydrogens is 236 g/mol. The number of nitrogens with one attached hydrogen (secondary N) is 1. The second-order valence-corrected chi connectivity index (χ2v) is 6.88. The molecule has 3 N–H and O–H groups in total. The van der Waals surface area contributed by atoms with Crippen molar-refractivity contribution in [3.63, 3.8) is 0 Å². The van der Waals surface area contributed by atoms with Crippen LogP contribution in [0.25, 0.3) is 0 Å². The van der Waals surface area contributed by atoms with Crippen LogP contribution >= 0.6 is 0 Å². The van der Waals surface area contributed by atoms with Crippen LogP contribution in [0.2, 0.25) is 0 Å². The van der Waals surface area contributed by atoms with Crippen LogP contribution in [-0.2, 0) is 10.0 Å². The van der Waals surface area contributed by atoms with Crippen LogP contribution in [0, 0.1) is 5.92 Å². The minimum atomic E-state index is -3.08. The van der Waals surface area contributed by atoms with Crippen molar-refractivity contribution >= 4 is 10.0 Å². The lowest BCUT2D eigenvalue weighted by atomic mass is 10.0. The summed E-state index contributed by atoms with van der Waals surface area (Å²) in [6.45, 7) is 5.45. The summed E-state index contributed by atoms with van der Waals surface area (Å²) in [5.74, 6) is 0.918. The van der Waals surface area contributed by atoms with Gasteiger partial charge in [-0.25, -0.2) is 13.1 Å². The molecule has 5 heteroatoms. The smallest absolute Gasteiger partial charge is 0.211 e. The summed E-state index contributed by atoms with van der Waals surface area (Å²) in [6, 6.07) is 0. The lowest BCUT2D eigenvalue weighted by Crippen LogP contribution is -2.28. The first-order chi connectivity index (χ1) is 7.98. The van der Waals surface area contributed by atoms with Crippen molar-refractivity contribution in [3.8, 4) is 0 Å². The van der Waals surface area contributed by atoms with Gasteiger partial charge in [0.05, 0.1) is 5.75 Å². The molecule has 0 aliphatic heterocycles. The van der Waals surface area contributed by atoms with Crippen LogP contribution in [-0.4, -0.2) is 27.3 Å². The zero-order valence-electron chi connectivity index (χ0n) is 11.2. The van der Waals surface area contributed by atoms with Gasteiger partial charge in [-0.05, 0) is 25.3 Å². The summed E-state index contributed by atoms with van der Waals surface area (Å²) in [5.41, 5.74) is 5.28. The number of rotatable bonds is 11. The summed E-state index contributed by atoms with van der Waals surface area (Å²) in [4.78, 5) is 0. The Bertz CT molecular complexity index is 264. The minimum Gasteiger partial charge on any atom is -0.330 e. The number of hydrogen-bond acceptors (Lipinski definition) is 3. The largest absolute Gasteiger partial charge is 0.330 e. The monoisotopic (exact) mass is 264 g/mol. The Hall–Kier alpha value is -0.130. The van der Waals surface area contributed by atoms with Gasteiger partial charge >= 0.3 is 0 Å². The van der Waals surface area contributed by atoms with Gasteiger partial charge in [0, 0.05) is 6.54 Å². The predicted octanol–water partition coefficient (Wildman–Crippen LogP) is 1.86. The van der Waals surface area contributed by atoms with Crippen molar-refractivity contribution in [2.24, 2.45) is 11.7 Å². The molecule has 4 nitrogen and oxygen atoms in total. The van der Waals surface area contributed by atoms with Gasteiger partial charge in [0.1, 0.15) is 0 Å². The normalized spacial score (nSPS) is 12.2. The number of nitrogens with two attached hydrogens (primary N) is 1. The highest BCUT2D eigenvalue weighted by Gasteiger charge is 2.07. The molecule has 0 saturated carbocycles. The molecule has 0 radical (unpaired) electrons. The molecule has 0 heterocycles. The Balaban J connectivity index is 3.38. The Labute approximate surface area is 106 Å². The summed E-state index contributed by atoms with van der Waals surface area (Å²) in [7, 11) is -3.08. The van der Waals surface area contributed by atoms with Crippen LogP contribution in [0.15, 0.2) is 0 Å². The van der Waals surface area contributed by atoms with Gasteiger partial charge in [-0.2, -0.15) is 0 Å². The molecule has 0 bridgehead atoms. The van der Waals surface area contributed by atoms with Crippen molar-refractivity contribution in [1.29, 1.82) is 0 Å². The molecular formula is C12H28N2O2S. The molecule has 17 heavy (non-hydrogen) atoms. The van der Waals surface area contributed by atoms with Gasteiger partial charge in [-0.15, -0.1) is 0 Å². The third kappa shape index (κ3) is 12.1. The van der Waals surface area contributed by atoms with Gasteiger partial charge in [0.25, 0.3) is 0 Å². The van der Waals surface area contributed by atoms with E-state index in [1.807, 2.05) is 0 Å². The van der Waals surface area contributed by atoms with Gasteiger partial charge in [-0.1, -0.05) is 39.5 Å². The molecule has 0 aliphatic carbocycles. The molecule has 0 atom stereocenters. The fraction of sp³-hybridized carbons (Fsp3) is 1.00. The van der Waals surface area contributed by atoms with E-state index in [9.17, 15) is 8.42 Å². The summed E-state index contributed by atoms with van der Waals surface area (Å²) < 4.78 is 25.4. The van der Waals surface area contributed by atoms with E-state index in [1.54, 1.807) is 0 Å². The standard InChI is InChI=1S/C12H28N2O2S/c1-12(2)8-5-3-4-6-10-14-17(15,16)11-7-9-13/h12,14H,3-11,13H2,1-2H3. The van der Waals surface area contributed by atoms with E-state index >= 15 is 0 Å². The Kier molecular flexibility index (Phi) is 9.78. The molecule has 0 saturated heterocycles. The first-order valence-corrected chi connectivity index (χ1v) is 8.30. The molecule has 0 fully saturated rings. The van der Waals surface area contributed by atoms with E-state index in [4.69, 9.17) is 5.73 Å². The van der Waals surface area contributed by atoms with Crippen molar-refractivity contribution < 1.29 is 8.42 Å². The van der Waals surface area contributed by atoms with Crippen LogP contribution in [0.4, 0.5) is 0 Å². The Morgan fingerprint density at radius 1 is 1.06 bits per heavy atom. The molecule has 0 aliphatic rings. The third-order valence-electron chi connectivity index (χ3n) is 2.65. The zero-order valence-corrected chi connectivity index (χ0v) is 12.1. The summed E-state index contributed by atoms with van der Waals surface area (Å²) >= 11 is 0. The first kappa shape index (κ1) is 16.9.